The zero-order valence-corrected chi connectivity index (χ0v) is 8.96. The van der Waals surface area contributed by atoms with Crippen molar-refractivity contribution in [2.24, 2.45) is 5.92 Å². The molecule has 78 valence electrons. The molecule has 1 aliphatic heterocycles. The summed E-state index contributed by atoms with van der Waals surface area (Å²) in [5, 5.41) is 4.88. The van der Waals surface area contributed by atoms with E-state index in [0.29, 0.717) is 6.04 Å². The lowest BCUT2D eigenvalue weighted by Crippen LogP contribution is -2.13. The predicted molar refractivity (Wildman–Crippen MR) is 62.8 cm³/mol. The molecule has 3 rings (SSSR count). The van der Waals surface area contributed by atoms with Gasteiger partial charge in [0, 0.05) is 17.8 Å². The van der Waals surface area contributed by atoms with Gasteiger partial charge in [-0.25, -0.2) is 0 Å². The molecule has 2 heteroatoms. The quantitative estimate of drug-likeness (QED) is 0.728. The molecule has 0 saturated carbocycles. The van der Waals surface area contributed by atoms with Gasteiger partial charge in [0.1, 0.15) is 0 Å². The smallest absolute Gasteiger partial charge is 0.0454 e. The maximum absolute atomic E-state index is 3.57. The van der Waals surface area contributed by atoms with Crippen LogP contribution in [0.25, 0.3) is 10.9 Å². The Hall–Kier alpha value is -1.28. The topological polar surface area (TPSA) is 27.8 Å². The van der Waals surface area contributed by atoms with Crippen molar-refractivity contribution in [2.45, 2.75) is 19.4 Å². The molecule has 0 unspecified atom stereocenters. The van der Waals surface area contributed by atoms with E-state index in [4.69, 9.17) is 0 Å². The van der Waals surface area contributed by atoms with Crippen LogP contribution in [0.3, 0.4) is 0 Å². The lowest BCUT2D eigenvalue weighted by molar-refractivity contribution is 0.612. The number of aromatic amines is 1. The van der Waals surface area contributed by atoms with Crippen molar-refractivity contribution in [3.05, 3.63) is 36.0 Å². The molecule has 0 spiro atoms. The predicted octanol–water partition coefficient (Wildman–Crippen LogP) is 2.84. The number of H-pyrrole nitrogens is 1. The molecular weight excluding hydrogens is 184 g/mol. The third-order valence-electron chi connectivity index (χ3n) is 3.33. The lowest BCUT2D eigenvalue weighted by Gasteiger charge is -2.10. The van der Waals surface area contributed by atoms with Crippen LogP contribution in [0.15, 0.2) is 30.5 Å². The van der Waals surface area contributed by atoms with Crippen molar-refractivity contribution < 1.29 is 0 Å². The fourth-order valence-corrected chi connectivity index (χ4v) is 2.45. The van der Waals surface area contributed by atoms with Gasteiger partial charge in [-0.05, 0) is 48.0 Å². The first-order chi connectivity index (χ1) is 7.33. The van der Waals surface area contributed by atoms with E-state index in [-0.39, 0.29) is 0 Å². The van der Waals surface area contributed by atoms with E-state index in [0.717, 1.165) is 12.5 Å². The molecule has 2 atom stereocenters. The summed E-state index contributed by atoms with van der Waals surface area (Å²) in [7, 11) is 0. The molecule has 1 aromatic heterocycles. The summed E-state index contributed by atoms with van der Waals surface area (Å²) in [6.07, 6.45) is 3.26. The van der Waals surface area contributed by atoms with Crippen LogP contribution in [-0.2, 0) is 0 Å². The second kappa shape index (κ2) is 3.38. The van der Waals surface area contributed by atoms with E-state index in [2.05, 4.69) is 41.5 Å². The van der Waals surface area contributed by atoms with E-state index in [1.165, 1.54) is 22.9 Å². The SMILES string of the molecule is C[C@@H]1CN[C@H](c2ccc3[nH]ccc3c2)C1. The highest BCUT2D eigenvalue weighted by atomic mass is 14.9. The Balaban J connectivity index is 1.97. The molecule has 0 aliphatic carbocycles. The van der Waals surface area contributed by atoms with Crippen LogP contribution in [-0.4, -0.2) is 11.5 Å². The average Bonchev–Trinajstić information content (AvgIpc) is 2.84. The van der Waals surface area contributed by atoms with Crippen LogP contribution in [0.5, 0.6) is 0 Å². The van der Waals surface area contributed by atoms with Crippen LogP contribution in [0.2, 0.25) is 0 Å². The summed E-state index contributed by atoms with van der Waals surface area (Å²) in [5.74, 6) is 0.803. The van der Waals surface area contributed by atoms with Crippen molar-refractivity contribution in [1.82, 2.24) is 10.3 Å². The number of hydrogen-bond donors (Lipinski definition) is 2. The standard InChI is InChI=1S/C13H16N2/c1-9-6-13(15-8-9)10-2-3-12-11(7-10)4-5-14-12/h2-5,7,9,13-15H,6,8H2,1H3/t9-,13-/m0/s1. The van der Waals surface area contributed by atoms with Crippen molar-refractivity contribution in [3.63, 3.8) is 0 Å². The summed E-state index contributed by atoms with van der Waals surface area (Å²) in [5.41, 5.74) is 2.65. The second-order valence-corrected chi connectivity index (χ2v) is 4.63. The monoisotopic (exact) mass is 200 g/mol. The van der Waals surface area contributed by atoms with Crippen LogP contribution in [0, 0.1) is 5.92 Å². The van der Waals surface area contributed by atoms with Gasteiger partial charge in [0.05, 0.1) is 0 Å². The van der Waals surface area contributed by atoms with Gasteiger partial charge in [-0.2, -0.15) is 0 Å². The molecule has 0 radical (unpaired) electrons. The van der Waals surface area contributed by atoms with Gasteiger partial charge in [-0.15, -0.1) is 0 Å². The van der Waals surface area contributed by atoms with Crippen molar-refractivity contribution in [2.75, 3.05) is 6.54 Å². The van der Waals surface area contributed by atoms with Crippen LogP contribution < -0.4 is 5.32 Å². The van der Waals surface area contributed by atoms with Crippen LogP contribution in [0.1, 0.15) is 24.9 Å². The molecule has 15 heavy (non-hydrogen) atoms. The van der Waals surface area contributed by atoms with Gasteiger partial charge in [0.2, 0.25) is 0 Å². The van der Waals surface area contributed by atoms with Gasteiger partial charge in [-0.1, -0.05) is 13.0 Å². The molecule has 1 saturated heterocycles. The Morgan fingerprint density at radius 2 is 2.20 bits per heavy atom. The normalized spacial score (nSPS) is 26.2. The van der Waals surface area contributed by atoms with Crippen molar-refractivity contribution in [3.8, 4) is 0 Å². The lowest BCUT2D eigenvalue weighted by atomic mass is 10.0. The zero-order valence-electron chi connectivity index (χ0n) is 8.96. The van der Waals surface area contributed by atoms with Gasteiger partial charge in [0.25, 0.3) is 0 Å². The molecule has 1 aliphatic rings. The van der Waals surface area contributed by atoms with Crippen LogP contribution >= 0.6 is 0 Å². The summed E-state index contributed by atoms with van der Waals surface area (Å²) >= 11 is 0. The van der Waals surface area contributed by atoms with E-state index < -0.39 is 0 Å². The largest absolute Gasteiger partial charge is 0.361 e. The van der Waals surface area contributed by atoms with Gasteiger partial charge in [-0.3, -0.25) is 0 Å². The first-order valence-corrected chi connectivity index (χ1v) is 5.63. The average molecular weight is 200 g/mol. The highest BCUT2D eigenvalue weighted by molar-refractivity contribution is 5.80. The first-order valence-electron chi connectivity index (χ1n) is 5.63. The minimum Gasteiger partial charge on any atom is -0.361 e. The molecular formula is C13H16N2. The minimum atomic E-state index is 0.555. The summed E-state index contributed by atoms with van der Waals surface area (Å²) < 4.78 is 0. The van der Waals surface area contributed by atoms with E-state index in [1.54, 1.807) is 0 Å². The molecule has 2 heterocycles. The zero-order chi connectivity index (χ0) is 10.3. The van der Waals surface area contributed by atoms with Crippen LogP contribution in [0.4, 0.5) is 0 Å². The Morgan fingerprint density at radius 3 is 3.00 bits per heavy atom. The number of fused-ring (bicyclic) bond motifs is 1. The van der Waals surface area contributed by atoms with E-state index in [1.807, 2.05) is 6.20 Å². The molecule has 2 aromatic rings. The second-order valence-electron chi connectivity index (χ2n) is 4.63. The van der Waals surface area contributed by atoms with Gasteiger partial charge >= 0.3 is 0 Å². The summed E-state index contributed by atoms with van der Waals surface area (Å²) in [4.78, 5) is 3.23. The molecule has 0 bridgehead atoms. The maximum atomic E-state index is 3.57. The maximum Gasteiger partial charge on any atom is 0.0454 e. The van der Waals surface area contributed by atoms with Gasteiger partial charge in [0.15, 0.2) is 0 Å². The first kappa shape index (κ1) is 8.98. The summed E-state index contributed by atoms with van der Waals surface area (Å²) in [6.45, 7) is 3.46. The Morgan fingerprint density at radius 1 is 1.27 bits per heavy atom. The van der Waals surface area contributed by atoms with Crippen molar-refractivity contribution >= 4 is 10.9 Å². The molecule has 1 fully saturated rings. The minimum absolute atomic E-state index is 0.555. The number of hydrogen-bond acceptors (Lipinski definition) is 1. The fraction of sp³-hybridized carbons (Fsp3) is 0.385. The van der Waals surface area contributed by atoms with E-state index in [9.17, 15) is 0 Å². The Bertz CT molecular complexity index is 472. The molecule has 2 nitrogen and oxygen atoms in total. The molecule has 2 N–H and O–H groups in total. The third-order valence-corrected chi connectivity index (χ3v) is 3.33. The van der Waals surface area contributed by atoms with Crippen molar-refractivity contribution in [1.29, 1.82) is 0 Å². The summed E-state index contributed by atoms with van der Waals surface area (Å²) in [6, 6.07) is 9.39. The Kier molecular flexibility index (Phi) is 2.03. The molecule has 1 aromatic carbocycles. The number of nitrogens with one attached hydrogen (secondary N) is 2. The van der Waals surface area contributed by atoms with Gasteiger partial charge < -0.3 is 10.3 Å². The fourth-order valence-electron chi connectivity index (χ4n) is 2.45. The number of aromatic nitrogens is 1. The molecule has 0 amide bonds. The highest BCUT2D eigenvalue weighted by Crippen LogP contribution is 2.28. The highest BCUT2D eigenvalue weighted by Gasteiger charge is 2.21. The number of benzene rings is 1. The Labute approximate surface area is 89.7 Å². The third kappa shape index (κ3) is 1.55. The van der Waals surface area contributed by atoms with E-state index >= 15 is 0 Å². The number of rotatable bonds is 1.